The molecule has 0 radical (unpaired) electrons. The van der Waals surface area contributed by atoms with Gasteiger partial charge in [0.05, 0.1) is 22.7 Å². The Morgan fingerprint density at radius 2 is 1.67 bits per heavy atom. The molecule has 1 aromatic rings. The van der Waals surface area contributed by atoms with E-state index < -0.39 is 47.0 Å². The minimum atomic E-state index is -4.75. The lowest BCUT2D eigenvalue weighted by Crippen LogP contribution is -2.22. The molecule has 9 nitrogen and oxygen atoms in total. The van der Waals surface area contributed by atoms with E-state index in [-0.39, 0.29) is 6.42 Å². The van der Waals surface area contributed by atoms with Crippen molar-refractivity contribution < 1.29 is 30.7 Å². The Balaban J connectivity index is 2.72. The third-order valence-corrected chi connectivity index (χ3v) is 5.13. The Morgan fingerprint density at radius 1 is 1.08 bits per heavy atom. The van der Waals surface area contributed by atoms with E-state index in [1.165, 1.54) is 0 Å². The predicted octanol–water partition coefficient (Wildman–Crippen LogP) is 1.32. The first kappa shape index (κ1) is 18.5. The number of benzene rings is 1. The lowest BCUT2D eigenvalue weighted by Gasteiger charge is -2.17. The number of carbonyl (C=O) groups is 1. The van der Waals surface area contributed by atoms with Gasteiger partial charge in [-0.3, -0.25) is 13.9 Å². The molecule has 0 aromatic heterocycles. The van der Waals surface area contributed by atoms with Gasteiger partial charge in [0.25, 0.3) is 26.1 Å². The van der Waals surface area contributed by atoms with Crippen LogP contribution in [0.4, 0.5) is 5.69 Å². The van der Waals surface area contributed by atoms with Crippen LogP contribution in [0, 0.1) is 5.41 Å². The van der Waals surface area contributed by atoms with E-state index in [2.05, 4.69) is 5.10 Å². The summed E-state index contributed by atoms with van der Waals surface area (Å²) in [5.41, 5.74) is -0.452. The monoisotopic (exact) mass is 376 g/mol. The van der Waals surface area contributed by atoms with Gasteiger partial charge in [-0.2, -0.15) is 26.9 Å². The smallest absolute Gasteiger partial charge is 0.282 e. The van der Waals surface area contributed by atoms with Gasteiger partial charge >= 0.3 is 0 Å². The first-order valence-electron chi connectivity index (χ1n) is 6.71. The molecule has 0 spiro atoms. The molecule has 0 bridgehead atoms. The summed E-state index contributed by atoms with van der Waals surface area (Å²) in [6.45, 7) is 5.42. The Bertz CT molecular complexity index is 941. The molecule has 24 heavy (non-hydrogen) atoms. The number of carbonyl (C=O) groups excluding carboxylic acids is 1. The van der Waals surface area contributed by atoms with Gasteiger partial charge in [-0.15, -0.1) is 0 Å². The molecule has 1 aliphatic rings. The number of anilines is 1. The fraction of sp³-hybridized carbons (Fsp3) is 0.385. The fourth-order valence-corrected chi connectivity index (χ4v) is 3.22. The van der Waals surface area contributed by atoms with Crippen molar-refractivity contribution >= 4 is 37.5 Å². The minimum Gasteiger partial charge on any atom is -0.282 e. The van der Waals surface area contributed by atoms with E-state index >= 15 is 0 Å². The van der Waals surface area contributed by atoms with Crippen molar-refractivity contribution in [1.82, 2.24) is 0 Å². The topological polar surface area (TPSA) is 141 Å². The van der Waals surface area contributed by atoms with Crippen molar-refractivity contribution in [3.63, 3.8) is 0 Å². The van der Waals surface area contributed by atoms with E-state index in [0.29, 0.717) is 5.71 Å². The second kappa shape index (κ2) is 5.62. The molecule has 11 heteroatoms. The average Bonchev–Trinajstić information content (AvgIpc) is 2.78. The third kappa shape index (κ3) is 3.64. The number of hydrazone groups is 1. The highest BCUT2D eigenvalue weighted by Gasteiger charge is 2.35. The molecule has 0 atom stereocenters. The van der Waals surface area contributed by atoms with Crippen LogP contribution in [-0.2, 0) is 25.0 Å². The van der Waals surface area contributed by atoms with E-state index in [0.717, 1.165) is 23.2 Å². The predicted molar refractivity (Wildman–Crippen MR) is 85.1 cm³/mol. The highest BCUT2D eigenvalue weighted by molar-refractivity contribution is 7.86. The largest absolute Gasteiger partial charge is 0.296 e. The summed E-state index contributed by atoms with van der Waals surface area (Å²) in [6.07, 6.45) is -0.0789. The molecule has 2 N–H and O–H groups in total. The molecule has 0 saturated carbocycles. The van der Waals surface area contributed by atoms with Crippen molar-refractivity contribution in [3.05, 3.63) is 18.2 Å². The van der Waals surface area contributed by atoms with Gasteiger partial charge in [-0.05, 0) is 18.2 Å². The Labute approximate surface area is 139 Å². The number of nitrogens with zero attached hydrogens (tertiary/aromatic N) is 2. The summed E-state index contributed by atoms with van der Waals surface area (Å²) in [5.74, 6) is -0.586. The second-order valence-electron chi connectivity index (χ2n) is 6.26. The molecule has 1 aromatic carbocycles. The zero-order valence-electron chi connectivity index (χ0n) is 13.1. The van der Waals surface area contributed by atoms with E-state index in [1.807, 2.05) is 0 Å². The van der Waals surface area contributed by atoms with Crippen molar-refractivity contribution in [2.75, 3.05) is 5.01 Å². The van der Waals surface area contributed by atoms with E-state index in [4.69, 9.17) is 4.55 Å². The Hall–Kier alpha value is -1.82. The average molecular weight is 376 g/mol. The fourth-order valence-electron chi connectivity index (χ4n) is 2.07. The molecule has 1 amide bonds. The van der Waals surface area contributed by atoms with Crippen molar-refractivity contribution in [2.24, 2.45) is 10.5 Å². The maximum absolute atomic E-state index is 12.2. The molecule has 2 rings (SSSR count). The molecule has 0 unspecified atom stereocenters. The quantitative estimate of drug-likeness (QED) is 0.758. The number of amides is 1. The maximum atomic E-state index is 12.2. The summed E-state index contributed by atoms with van der Waals surface area (Å²) in [6, 6.07) is 2.36. The van der Waals surface area contributed by atoms with Gasteiger partial charge in [0.1, 0.15) is 4.90 Å². The molecule has 132 valence electrons. The van der Waals surface area contributed by atoms with Crippen LogP contribution in [0.1, 0.15) is 27.2 Å². The molecule has 1 aliphatic heterocycles. The van der Waals surface area contributed by atoms with E-state index in [9.17, 15) is 26.2 Å². The minimum absolute atomic E-state index is 0.0789. The SMILES string of the molecule is CC(C)(C)C1=NN(c2cc(S(=O)(=O)O)ccc2S(=O)(=O)O)C(=O)C1. The molecular formula is C13H16N2O7S2. The molecular weight excluding hydrogens is 360 g/mol. The van der Waals surface area contributed by atoms with Gasteiger partial charge in [0.2, 0.25) is 0 Å². The molecule has 0 saturated heterocycles. The van der Waals surface area contributed by atoms with Gasteiger partial charge in [0.15, 0.2) is 0 Å². The zero-order chi connectivity index (χ0) is 18.5. The number of rotatable bonds is 3. The molecule has 0 fully saturated rings. The van der Waals surface area contributed by atoms with Gasteiger partial charge < -0.3 is 0 Å². The summed E-state index contributed by atoms with van der Waals surface area (Å²) in [7, 11) is -9.39. The van der Waals surface area contributed by atoms with E-state index in [1.54, 1.807) is 20.8 Å². The normalized spacial score (nSPS) is 16.5. The van der Waals surface area contributed by atoms with Crippen LogP contribution in [-0.4, -0.2) is 37.6 Å². The first-order chi connectivity index (χ1) is 10.7. The lowest BCUT2D eigenvalue weighted by molar-refractivity contribution is -0.117. The second-order valence-corrected chi connectivity index (χ2v) is 9.07. The van der Waals surface area contributed by atoms with Crippen molar-refractivity contribution in [1.29, 1.82) is 0 Å². The standard InChI is InChI=1S/C13H16N2O7S2/c1-13(2,3)11-7-12(16)15(14-11)9-6-8(23(17,18)19)4-5-10(9)24(20,21)22/h4-6H,7H2,1-3H3,(H,17,18,19)(H,20,21,22). The van der Waals surface area contributed by atoms with Crippen LogP contribution in [0.2, 0.25) is 0 Å². The van der Waals surface area contributed by atoms with Crippen LogP contribution in [0.3, 0.4) is 0 Å². The van der Waals surface area contributed by atoms with Crippen molar-refractivity contribution in [3.8, 4) is 0 Å². The van der Waals surface area contributed by atoms with Crippen LogP contribution >= 0.6 is 0 Å². The van der Waals surface area contributed by atoms with Crippen LogP contribution in [0.25, 0.3) is 0 Å². The highest BCUT2D eigenvalue weighted by atomic mass is 32.2. The van der Waals surface area contributed by atoms with Crippen molar-refractivity contribution in [2.45, 2.75) is 37.0 Å². The van der Waals surface area contributed by atoms with Gasteiger partial charge in [-0.1, -0.05) is 20.8 Å². The third-order valence-electron chi connectivity index (χ3n) is 3.38. The summed E-state index contributed by atoms with van der Waals surface area (Å²) >= 11 is 0. The summed E-state index contributed by atoms with van der Waals surface area (Å²) in [4.78, 5) is 10.9. The Kier molecular flexibility index (Phi) is 4.34. The highest BCUT2D eigenvalue weighted by Crippen LogP contribution is 2.33. The zero-order valence-corrected chi connectivity index (χ0v) is 14.7. The van der Waals surface area contributed by atoms with Gasteiger partial charge in [-0.25, -0.2) is 0 Å². The molecule has 0 aliphatic carbocycles. The van der Waals surface area contributed by atoms with Crippen LogP contribution in [0.5, 0.6) is 0 Å². The number of hydrogen-bond acceptors (Lipinski definition) is 6. The first-order valence-corrected chi connectivity index (χ1v) is 9.59. The Morgan fingerprint density at radius 3 is 2.08 bits per heavy atom. The number of hydrogen-bond donors (Lipinski definition) is 2. The van der Waals surface area contributed by atoms with Crippen LogP contribution < -0.4 is 5.01 Å². The lowest BCUT2D eigenvalue weighted by atomic mass is 9.88. The van der Waals surface area contributed by atoms with Crippen LogP contribution in [0.15, 0.2) is 33.1 Å². The van der Waals surface area contributed by atoms with Gasteiger partial charge in [0, 0.05) is 5.41 Å². The summed E-state index contributed by atoms with van der Waals surface area (Å²) in [5, 5.41) is 4.78. The summed E-state index contributed by atoms with van der Waals surface area (Å²) < 4.78 is 64.0. The maximum Gasteiger partial charge on any atom is 0.296 e. The molecule has 1 heterocycles.